The first kappa shape index (κ1) is 18.2. The van der Waals surface area contributed by atoms with Crippen molar-refractivity contribution < 1.29 is 22.7 Å². The lowest BCUT2D eigenvalue weighted by Crippen LogP contribution is -2.29. The maximum Gasteiger partial charge on any atom is 0.573 e. The number of aromatic nitrogens is 3. The van der Waals surface area contributed by atoms with Gasteiger partial charge in [-0.2, -0.15) is 0 Å². The van der Waals surface area contributed by atoms with Gasteiger partial charge in [0.2, 0.25) is 0 Å². The van der Waals surface area contributed by atoms with E-state index in [0.717, 1.165) is 25.9 Å². The van der Waals surface area contributed by atoms with Gasteiger partial charge in [-0.05, 0) is 32.0 Å². The number of carbonyl (C=O) groups is 1. The third-order valence-electron chi connectivity index (χ3n) is 4.06. The third kappa shape index (κ3) is 4.72. The summed E-state index contributed by atoms with van der Waals surface area (Å²) in [5.74, 6) is -0.856. The number of nitrogens with one attached hydrogen (secondary N) is 2. The average molecular weight is 369 g/mol. The molecular formula is C16H18F3N5O2. The molecule has 10 heteroatoms. The zero-order chi connectivity index (χ0) is 18.6. The summed E-state index contributed by atoms with van der Waals surface area (Å²) < 4.78 is 42.9. The quantitative estimate of drug-likeness (QED) is 0.843. The predicted octanol–water partition coefficient (Wildman–Crippen LogP) is 2.03. The molecule has 140 valence electrons. The van der Waals surface area contributed by atoms with Gasteiger partial charge in [0.05, 0.1) is 12.2 Å². The maximum atomic E-state index is 12.4. The molecule has 3 rings (SSSR count). The van der Waals surface area contributed by atoms with Crippen LogP contribution in [0, 0.1) is 0 Å². The Morgan fingerprint density at radius 3 is 2.77 bits per heavy atom. The van der Waals surface area contributed by atoms with Crippen LogP contribution in [-0.2, 0) is 6.54 Å². The van der Waals surface area contributed by atoms with Crippen LogP contribution < -0.4 is 15.4 Å². The van der Waals surface area contributed by atoms with E-state index < -0.39 is 12.3 Å². The number of ether oxygens (including phenoxy) is 1. The van der Waals surface area contributed by atoms with Crippen LogP contribution in [-0.4, -0.2) is 40.4 Å². The number of nitrogens with zero attached hydrogens (tertiary/aromatic N) is 3. The fourth-order valence-electron chi connectivity index (χ4n) is 2.77. The van der Waals surface area contributed by atoms with Gasteiger partial charge in [0, 0.05) is 12.1 Å². The Kier molecular flexibility index (Phi) is 5.40. The lowest BCUT2D eigenvalue weighted by atomic mass is 10.1. The summed E-state index contributed by atoms with van der Waals surface area (Å²) in [6.07, 6.45) is -1.44. The molecule has 0 aliphatic carbocycles. The van der Waals surface area contributed by atoms with Gasteiger partial charge in [0.1, 0.15) is 5.75 Å². The van der Waals surface area contributed by atoms with Crippen molar-refractivity contribution in [2.45, 2.75) is 31.8 Å². The summed E-state index contributed by atoms with van der Waals surface area (Å²) >= 11 is 0. The monoisotopic (exact) mass is 369 g/mol. The number of rotatable bonds is 5. The molecule has 0 atom stereocenters. The van der Waals surface area contributed by atoms with Crippen molar-refractivity contribution in [3.63, 3.8) is 0 Å². The summed E-state index contributed by atoms with van der Waals surface area (Å²) in [5.41, 5.74) is 0.335. The van der Waals surface area contributed by atoms with E-state index in [0.29, 0.717) is 0 Å². The molecule has 26 heavy (non-hydrogen) atoms. The van der Waals surface area contributed by atoms with Gasteiger partial charge in [-0.15, -0.1) is 18.3 Å². The second kappa shape index (κ2) is 7.73. The van der Waals surface area contributed by atoms with Crippen LogP contribution in [0.15, 0.2) is 30.5 Å². The molecule has 1 aromatic heterocycles. The minimum atomic E-state index is -4.79. The van der Waals surface area contributed by atoms with Gasteiger partial charge >= 0.3 is 6.36 Å². The zero-order valence-corrected chi connectivity index (χ0v) is 13.8. The van der Waals surface area contributed by atoms with Gasteiger partial charge in [-0.3, -0.25) is 4.79 Å². The number of carbonyl (C=O) groups excluding carboxylic acids is 1. The fourth-order valence-corrected chi connectivity index (χ4v) is 2.77. The van der Waals surface area contributed by atoms with Crippen LogP contribution in [0.4, 0.5) is 13.2 Å². The van der Waals surface area contributed by atoms with E-state index >= 15 is 0 Å². The van der Waals surface area contributed by atoms with Gasteiger partial charge in [0.15, 0.2) is 5.69 Å². The van der Waals surface area contributed by atoms with Crippen molar-refractivity contribution in [1.82, 2.24) is 25.6 Å². The van der Waals surface area contributed by atoms with Gasteiger partial charge < -0.3 is 15.4 Å². The molecule has 0 unspecified atom stereocenters. The summed E-state index contributed by atoms with van der Waals surface area (Å²) in [6, 6.07) is 5.83. The number of piperidine rings is 1. The van der Waals surface area contributed by atoms with Crippen molar-refractivity contribution in [2.24, 2.45) is 0 Å². The Morgan fingerprint density at radius 1 is 1.31 bits per heavy atom. The molecule has 0 saturated carbocycles. The minimum absolute atomic E-state index is 0.120. The van der Waals surface area contributed by atoms with E-state index in [1.165, 1.54) is 18.2 Å². The van der Waals surface area contributed by atoms with Crippen molar-refractivity contribution >= 4 is 5.91 Å². The Labute approximate surface area is 147 Å². The molecule has 0 spiro atoms. The van der Waals surface area contributed by atoms with E-state index in [9.17, 15) is 18.0 Å². The molecule has 1 aliphatic heterocycles. The molecule has 1 aliphatic rings. The zero-order valence-electron chi connectivity index (χ0n) is 13.8. The molecule has 2 N–H and O–H groups in total. The van der Waals surface area contributed by atoms with Crippen molar-refractivity contribution in [3.8, 4) is 5.75 Å². The van der Waals surface area contributed by atoms with Crippen LogP contribution >= 0.6 is 0 Å². The normalized spacial score (nSPS) is 15.7. The molecule has 0 radical (unpaired) electrons. The highest BCUT2D eigenvalue weighted by Gasteiger charge is 2.32. The highest BCUT2D eigenvalue weighted by atomic mass is 19.4. The molecular weight excluding hydrogens is 351 g/mol. The second-order valence-corrected chi connectivity index (χ2v) is 5.90. The van der Waals surface area contributed by atoms with Crippen LogP contribution in [0.25, 0.3) is 0 Å². The van der Waals surface area contributed by atoms with Crippen molar-refractivity contribution in [2.75, 3.05) is 13.1 Å². The molecule has 1 saturated heterocycles. The summed E-state index contributed by atoms with van der Waals surface area (Å²) in [5, 5.41) is 13.6. The van der Waals surface area contributed by atoms with E-state index in [4.69, 9.17) is 0 Å². The van der Waals surface area contributed by atoms with Crippen LogP contribution in [0.1, 0.15) is 34.9 Å². The van der Waals surface area contributed by atoms with Crippen molar-refractivity contribution in [3.05, 3.63) is 41.7 Å². The van der Waals surface area contributed by atoms with E-state index in [2.05, 4.69) is 25.7 Å². The lowest BCUT2D eigenvalue weighted by molar-refractivity contribution is -0.274. The summed E-state index contributed by atoms with van der Waals surface area (Å²) in [7, 11) is 0. The number of benzene rings is 1. The molecule has 1 aromatic carbocycles. The van der Waals surface area contributed by atoms with E-state index in [1.54, 1.807) is 16.9 Å². The largest absolute Gasteiger partial charge is 0.573 e. The third-order valence-corrected chi connectivity index (χ3v) is 4.06. The topological polar surface area (TPSA) is 81.1 Å². The highest BCUT2D eigenvalue weighted by molar-refractivity contribution is 5.91. The van der Waals surface area contributed by atoms with Gasteiger partial charge in [-0.1, -0.05) is 23.4 Å². The standard InChI is InChI=1S/C16H18F3N5O2/c17-16(18,19)26-14-4-2-1-3-11(14)9-21-15(25)13-10-24(23-22-13)12-5-7-20-8-6-12/h1-4,10,12,20H,5-9H2,(H,21,25). The first-order chi connectivity index (χ1) is 12.4. The molecule has 2 aromatic rings. The molecule has 1 amide bonds. The average Bonchev–Trinajstić information content (AvgIpc) is 3.10. The lowest BCUT2D eigenvalue weighted by Gasteiger charge is -2.22. The van der Waals surface area contributed by atoms with Crippen LogP contribution in [0.5, 0.6) is 5.75 Å². The smallest absolute Gasteiger partial charge is 0.405 e. The second-order valence-electron chi connectivity index (χ2n) is 5.90. The highest BCUT2D eigenvalue weighted by Crippen LogP contribution is 2.26. The Morgan fingerprint density at radius 2 is 2.04 bits per heavy atom. The minimum Gasteiger partial charge on any atom is -0.405 e. The SMILES string of the molecule is O=C(NCc1ccccc1OC(F)(F)F)c1cn(C2CCNCC2)nn1. The summed E-state index contributed by atoms with van der Waals surface area (Å²) in [6.45, 7) is 1.63. The van der Waals surface area contributed by atoms with Crippen LogP contribution in [0.3, 0.4) is 0 Å². The maximum absolute atomic E-state index is 12.4. The predicted molar refractivity (Wildman–Crippen MR) is 85.5 cm³/mol. The van der Waals surface area contributed by atoms with E-state index in [1.807, 2.05) is 0 Å². The van der Waals surface area contributed by atoms with E-state index in [-0.39, 0.29) is 29.6 Å². The first-order valence-corrected chi connectivity index (χ1v) is 8.17. The Hall–Kier alpha value is -2.62. The molecule has 1 fully saturated rings. The van der Waals surface area contributed by atoms with Gasteiger partial charge in [0.25, 0.3) is 5.91 Å². The molecule has 0 bridgehead atoms. The number of hydrogen-bond acceptors (Lipinski definition) is 5. The number of alkyl halides is 3. The molecule has 7 nitrogen and oxygen atoms in total. The summed E-state index contributed by atoms with van der Waals surface area (Å²) in [4.78, 5) is 12.2. The number of amides is 1. The number of para-hydroxylation sites is 1. The number of hydrogen-bond donors (Lipinski definition) is 2. The first-order valence-electron chi connectivity index (χ1n) is 8.17. The van der Waals surface area contributed by atoms with Crippen molar-refractivity contribution in [1.29, 1.82) is 0 Å². The Bertz CT molecular complexity index is 756. The number of halogens is 3. The van der Waals surface area contributed by atoms with Gasteiger partial charge in [-0.25, -0.2) is 4.68 Å². The Balaban J connectivity index is 1.62. The fraction of sp³-hybridized carbons (Fsp3) is 0.438. The molecule has 2 heterocycles. The van der Waals surface area contributed by atoms with Crippen LogP contribution in [0.2, 0.25) is 0 Å².